The minimum Gasteiger partial charge on any atom is -0.352 e. The lowest BCUT2D eigenvalue weighted by molar-refractivity contribution is -0.141. The van der Waals surface area contributed by atoms with E-state index < -0.39 is 27.7 Å². The molecule has 0 bridgehead atoms. The predicted molar refractivity (Wildman–Crippen MR) is 164 cm³/mol. The fourth-order valence-electron chi connectivity index (χ4n) is 5.35. The number of hydrogen-bond acceptors (Lipinski definition) is 4. The molecule has 0 aromatic heterocycles. The molecule has 3 aromatic rings. The van der Waals surface area contributed by atoms with Gasteiger partial charge in [-0.25, -0.2) is 17.2 Å². The summed E-state index contributed by atoms with van der Waals surface area (Å²) in [6.45, 7) is 0.00655. The summed E-state index contributed by atoms with van der Waals surface area (Å²) < 4.78 is 53.4. The standard InChI is InChI=1S/C32H36ClF2N3O4S/c1-43(41,42)38(27-17-18-28(34)29(35)21-27)19-7-12-31(39)37(22-24-13-15-25(33)16-14-24)30(20-23-8-3-2-4-9-23)32(40)36-26-10-5-6-11-26/h2-4,8-9,13-18,21,26,30H,5-7,10-12,19-20,22H2,1H3,(H,36,40)/t30-/m0/s1. The normalized spacial score (nSPS) is 14.3. The van der Waals surface area contributed by atoms with Crippen molar-refractivity contribution in [3.63, 3.8) is 0 Å². The van der Waals surface area contributed by atoms with E-state index >= 15 is 0 Å². The zero-order valence-corrected chi connectivity index (χ0v) is 25.6. The van der Waals surface area contributed by atoms with E-state index in [4.69, 9.17) is 11.6 Å². The highest BCUT2D eigenvalue weighted by Gasteiger charge is 2.32. The molecule has 1 aliphatic carbocycles. The van der Waals surface area contributed by atoms with Crippen molar-refractivity contribution >= 4 is 39.1 Å². The monoisotopic (exact) mass is 631 g/mol. The Morgan fingerprint density at radius 2 is 1.63 bits per heavy atom. The Morgan fingerprint density at radius 3 is 2.26 bits per heavy atom. The predicted octanol–water partition coefficient (Wildman–Crippen LogP) is 5.86. The number of halogens is 3. The number of nitrogens with one attached hydrogen (secondary N) is 1. The molecule has 0 spiro atoms. The zero-order chi connectivity index (χ0) is 31.0. The summed E-state index contributed by atoms with van der Waals surface area (Å²) >= 11 is 6.09. The Balaban J connectivity index is 1.58. The zero-order valence-electron chi connectivity index (χ0n) is 24.0. The van der Waals surface area contributed by atoms with Gasteiger partial charge in [0.1, 0.15) is 6.04 Å². The highest BCUT2D eigenvalue weighted by atomic mass is 35.5. The Hall–Kier alpha value is -3.50. The molecule has 4 rings (SSSR count). The van der Waals surface area contributed by atoms with Gasteiger partial charge in [-0.2, -0.15) is 0 Å². The third kappa shape index (κ3) is 9.24. The summed E-state index contributed by atoms with van der Waals surface area (Å²) in [4.78, 5) is 29.2. The number of benzene rings is 3. The van der Waals surface area contributed by atoms with Crippen LogP contribution in [-0.2, 0) is 32.6 Å². The molecule has 0 aliphatic heterocycles. The molecule has 1 fully saturated rings. The molecule has 1 N–H and O–H groups in total. The van der Waals surface area contributed by atoms with Crippen LogP contribution in [0, 0.1) is 11.6 Å². The van der Waals surface area contributed by atoms with Gasteiger partial charge < -0.3 is 10.2 Å². The second kappa shape index (κ2) is 14.8. The third-order valence-electron chi connectivity index (χ3n) is 7.58. The summed E-state index contributed by atoms with van der Waals surface area (Å²) in [5.41, 5.74) is 1.64. The first-order valence-corrected chi connectivity index (χ1v) is 16.5. The van der Waals surface area contributed by atoms with Crippen LogP contribution in [0.3, 0.4) is 0 Å². The van der Waals surface area contributed by atoms with Crippen molar-refractivity contribution in [2.75, 3.05) is 17.1 Å². The van der Waals surface area contributed by atoms with Crippen molar-refractivity contribution < 1.29 is 26.8 Å². The Kier molecular flexibility index (Phi) is 11.2. The average molecular weight is 632 g/mol. The number of carbonyl (C=O) groups is 2. The van der Waals surface area contributed by atoms with Gasteiger partial charge in [-0.05, 0) is 54.7 Å². The summed E-state index contributed by atoms with van der Waals surface area (Å²) in [5.74, 6) is -2.84. The first-order chi connectivity index (χ1) is 20.5. The molecule has 11 heteroatoms. The largest absolute Gasteiger partial charge is 0.352 e. The maximum Gasteiger partial charge on any atom is 0.243 e. The highest BCUT2D eigenvalue weighted by Crippen LogP contribution is 2.23. The van der Waals surface area contributed by atoms with Crippen molar-refractivity contribution in [2.45, 2.75) is 63.6 Å². The second-order valence-electron chi connectivity index (χ2n) is 10.9. The number of sulfonamides is 1. The SMILES string of the molecule is CS(=O)(=O)N(CCCC(=O)N(Cc1ccc(Cl)cc1)[C@@H](Cc1ccccc1)C(=O)NC1CCCC1)c1ccc(F)c(F)c1. The van der Waals surface area contributed by atoms with Crippen LogP contribution in [0.4, 0.5) is 14.5 Å². The molecule has 3 aromatic carbocycles. The fraction of sp³-hybridized carbons (Fsp3) is 0.375. The summed E-state index contributed by atoms with van der Waals surface area (Å²) in [6.07, 6.45) is 5.12. The molecule has 1 atom stereocenters. The van der Waals surface area contributed by atoms with E-state index in [0.29, 0.717) is 11.4 Å². The molecule has 1 saturated carbocycles. The van der Waals surface area contributed by atoms with Crippen molar-refractivity contribution in [2.24, 2.45) is 0 Å². The third-order valence-corrected chi connectivity index (χ3v) is 9.03. The number of hydrogen-bond donors (Lipinski definition) is 1. The first kappa shape index (κ1) is 32.4. The topological polar surface area (TPSA) is 86.8 Å². The van der Waals surface area contributed by atoms with E-state index in [-0.39, 0.29) is 49.5 Å². The Morgan fingerprint density at radius 1 is 0.953 bits per heavy atom. The van der Waals surface area contributed by atoms with Gasteiger partial charge in [0.05, 0.1) is 11.9 Å². The second-order valence-corrected chi connectivity index (χ2v) is 13.2. The molecule has 230 valence electrons. The van der Waals surface area contributed by atoms with Gasteiger partial charge in [-0.15, -0.1) is 0 Å². The van der Waals surface area contributed by atoms with Gasteiger partial charge >= 0.3 is 0 Å². The molecule has 0 radical (unpaired) electrons. The van der Waals surface area contributed by atoms with Gasteiger partial charge in [0, 0.05) is 43.1 Å². The number of nitrogens with zero attached hydrogens (tertiary/aromatic N) is 2. The summed E-state index contributed by atoms with van der Waals surface area (Å²) in [6, 6.07) is 18.6. The summed E-state index contributed by atoms with van der Waals surface area (Å²) in [7, 11) is -3.86. The van der Waals surface area contributed by atoms with Crippen LogP contribution in [0.25, 0.3) is 0 Å². The van der Waals surface area contributed by atoms with Crippen LogP contribution in [0.2, 0.25) is 5.02 Å². The molecular weight excluding hydrogens is 596 g/mol. The lowest BCUT2D eigenvalue weighted by Crippen LogP contribution is -2.52. The highest BCUT2D eigenvalue weighted by molar-refractivity contribution is 7.92. The molecule has 43 heavy (non-hydrogen) atoms. The molecule has 2 amide bonds. The van der Waals surface area contributed by atoms with Gasteiger partial charge in [0.15, 0.2) is 11.6 Å². The Bertz CT molecular complexity index is 1500. The van der Waals surface area contributed by atoms with E-state index in [0.717, 1.165) is 59.5 Å². The van der Waals surface area contributed by atoms with E-state index in [9.17, 15) is 26.8 Å². The number of rotatable bonds is 13. The van der Waals surface area contributed by atoms with Crippen LogP contribution < -0.4 is 9.62 Å². The number of amides is 2. The van der Waals surface area contributed by atoms with Gasteiger partial charge in [0.2, 0.25) is 21.8 Å². The fourth-order valence-corrected chi connectivity index (χ4v) is 6.44. The van der Waals surface area contributed by atoms with Gasteiger partial charge in [0.25, 0.3) is 0 Å². The Labute approximate surface area is 256 Å². The molecular formula is C32H36ClF2N3O4S. The van der Waals surface area contributed by atoms with E-state index in [1.807, 2.05) is 30.3 Å². The van der Waals surface area contributed by atoms with E-state index in [1.54, 1.807) is 29.2 Å². The van der Waals surface area contributed by atoms with Crippen LogP contribution in [0.15, 0.2) is 72.8 Å². The molecule has 0 saturated heterocycles. The minimum absolute atomic E-state index is 0.0373. The maximum absolute atomic E-state index is 13.9. The lowest BCUT2D eigenvalue weighted by atomic mass is 10.0. The van der Waals surface area contributed by atoms with Crippen LogP contribution >= 0.6 is 11.6 Å². The molecule has 7 nitrogen and oxygen atoms in total. The molecule has 0 unspecified atom stereocenters. The molecule has 1 aliphatic rings. The maximum atomic E-state index is 13.9. The van der Waals surface area contributed by atoms with Gasteiger partial charge in [-0.3, -0.25) is 13.9 Å². The average Bonchev–Trinajstić information content (AvgIpc) is 3.48. The number of anilines is 1. The first-order valence-electron chi connectivity index (χ1n) is 14.3. The van der Waals surface area contributed by atoms with Crippen molar-refractivity contribution in [1.29, 1.82) is 0 Å². The number of carbonyl (C=O) groups excluding carboxylic acids is 2. The lowest BCUT2D eigenvalue weighted by Gasteiger charge is -2.33. The van der Waals surface area contributed by atoms with Crippen LogP contribution in [0.1, 0.15) is 49.7 Å². The van der Waals surface area contributed by atoms with Gasteiger partial charge in [-0.1, -0.05) is 66.9 Å². The summed E-state index contributed by atoms with van der Waals surface area (Å²) in [5, 5.41) is 3.69. The van der Waals surface area contributed by atoms with E-state index in [2.05, 4.69) is 5.32 Å². The minimum atomic E-state index is -3.86. The quantitative estimate of drug-likeness (QED) is 0.256. The van der Waals surface area contributed by atoms with Crippen molar-refractivity contribution in [3.05, 3.63) is 101 Å². The molecule has 0 heterocycles. The van der Waals surface area contributed by atoms with Crippen molar-refractivity contribution in [1.82, 2.24) is 10.2 Å². The van der Waals surface area contributed by atoms with E-state index in [1.165, 1.54) is 6.07 Å². The van der Waals surface area contributed by atoms with Crippen LogP contribution in [-0.4, -0.2) is 50.0 Å². The smallest absolute Gasteiger partial charge is 0.243 e. The van der Waals surface area contributed by atoms with Crippen LogP contribution in [0.5, 0.6) is 0 Å². The van der Waals surface area contributed by atoms with Crippen molar-refractivity contribution in [3.8, 4) is 0 Å².